The number of alkyl halides is 24. The van der Waals surface area contributed by atoms with E-state index in [1.54, 1.807) is 0 Å². The SMILES string of the molecule is FC(F)(F)c1cc(C(F)(F)F)c(SC2(Sc3c(C(F)(F)F)cc(C(F)(F)F)cc3C(F)(F)F)Sc3c(C(F)(F)F)cc(C(F)(F)F)cc32)c(C(F)(F)F)c1. The van der Waals surface area contributed by atoms with Crippen molar-refractivity contribution in [2.75, 3.05) is 0 Å². The summed E-state index contributed by atoms with van der Waals surface area (Å²) in [7, 11) is 0. The van der Waals surface area contributed by atoms with E-state index >= 15 is 0 Å². The minimum absolute atomic E-state index is 0.504. The molecule has 0 fully saturated rings. The van der Waals surface area contributed by atoms with Crippen LogP contribution in [0.15, 0.2) is 51.1 Å². The standard InChI is InChI=1S/C27H6F24S3/c28-19(29,30)7-1-10(22(37,38)39)16(11(2-7)23(40,41)42)52-27(15-6-9(21(34,35)36)5-14(18(15)54-27)26(49,50)51)53-17-12(24(43,44)45)3-8(20(31,32)33)4-13(17)25(46,47)48/h1-6H. The molecule has 27 heteroatoms. The second-order valence-corrected chi connectivity index (χ2v) is 15.0. The van der Waals surface area contributed by atoms with Crippen LogP contribution >= 0.6 is 35.3 Å². The van der Waals surface area contributed by atoms with Crippen molar-refractivity contribution in [3.63, 3.8) is 0 Å². The lowest BCUT2D eigenvalue weighted by Gasteiger charge is -2.44. The molecular formula is C27H6F24S3. The monoisotopic (exact) mass is 882 g/mol. The molecule has 0 spiro atoms. The van der Waals surface area contributed by atoms with Gasteiger partial charge in [0.2, 0.25) is 0 Å². The lowest BCUT2D eigenvalue weighted by atomic mass is 10.0. The van der Waals surface area contributed by atoms with E-state index in [1.165, 1.54) is 0 Å². The van der Waals surface area contributed by atoms with E-state index in [-0.39, 0.29) is 0 Å². The van der Waals surface area contributed by atoms with Crippen molar-refractivity contribution >= 4 is 35.3 Å². The summed E-state index contributed by atoms with van der Waals surface area (Å²) in [6.07, 6.45) is -49.5. The first-order chi connectivity index (χ1) is 23.8. The number of halogens is 24. The van der Waals surface area contributed by atoms with Crippen LogP contribution in [0.3, 0.4) is 0 Å². The Kier molecular flexibility index (Phi) is 10.6. The molecule has 0 aliphatic carbocycles. The van der Waals surface area contributed by atoms with Crippen molar-refractivity contribution in [3.05, 3.63) is 86.5 Å². The number of hydrogen-bond donors (Lipinski definition) is 0. The Balaban J connectivity index is 2.25. The predicted octanol–water partition coefficient (Wildman–Crippen LogP) is 14.6. The number of benzene rings is 3. The first kappa shape index (κ1) is 43.8. The van der Waals surface area contributed by atoms with Crippen LogP contribution in [0.25, 0.3) is 0 Å². The first-order valence-corrected chi connectivity index (χ1v) is 15.4. The van der Waals surface area contributed by atoms with Gasteiger partial charge in [-0.1, -0.05) is 35.3 Å². The van der Waals surface area contributed by atoms with Crippen molar-refractivity contribution in [2.24, 2.45) is 0 Å². The molecule has 0 aromatic heterocycles. The van der Waals surface area contributed by atoms with Crippen LogP contribution in [-0.4, -0.2) is 0 Å². The molecule has 0 bridgehead atoms. The van der Waals surface area contributed by atoms with Gasteiger partial charge in [-0.15, -0.1) is 0 Å². The van der Waals surface area contributed by atoms with E-state index in [9.17, 15) is 105 Å². The van der Waals surface area contributed by atoms with Crippen LogP contribution in [0, 0.1) is 0 Å². The Bertz CT molecular complexity index is 1770. The average molecular weight is 882 g/mol. The van der Waals surface area contributed by atoms with Crippen LogP contribution in [0.5, 0.6) is 0 Å². The topological polar surface area (TPSA) is 0 Å². The Morgan fingerprint density at radius 1 is 0.333 bits per heavy atom. The third-order valence-corrected chi connectivity index (χ3v) is 11.7. The fraction of sp³-hybridized carbons (Fsp3) is 0.333. The van der Waals surface area contributed by atoms with Gasteiger partial charge in [-0.2, -0.15) is 105 Å². The van der Waals surface area contributed by atoms with Gasteiger partial charge in [-0.3, -0.25) is 0 Å². The maximum absolute atomic E-state index is 14.2. The molecule has 0 unspecified atom stereocenters. The van der Waals surface area contributed by atoms with E-state index in [2.05, 4.69) is 0 Å². The second kappa shape index (κ2) is 13.0. The summed E-state index contributed by atoms with van der Waals surface area (Å²) >= 11 is -3.56. The Labute approximate surface area is 294 Å². The zero-order valence-electron chi connectivity index (χ0n) is 24.3. The quantitative estimate of drug-likeness (QED) is 0.189. The molecule has 300 valence electrons. The second-order valence-electron chi connectivity index (χ2n) is 10.5. The molecular weight excluding hydrogens is 876 g/mol. The molecule has 0 radical (unpaired) electrons. The molecule has 1 aliphatic rings. The van der Waals surface area contributed by atoms with E-state index in [0.717, 1.165) is 0 Å². The highest BCUT2D eigenvalue weighted by Crippen LogP contribution is 2.74. The number of thioether (sulfide) groups is 3. The summed E-state index contributed by atoms with van der Waals surface area (Å²) < 4.78 is 330. The highest BCUT2D eigenvalue weighted by molar-refractivity contribution is 8.34. The molecule has 0 nitrogen and oxygen atoms in total. The van der Waals surface area contributed by atoms with Gasteiger partial charge in [-0.25, -0.2) is 0 Å². The fourth-order valence-corrected chi connectivity index (χ4v) is 9.91. The van der Waals surface area contributed by atoms with Gasteiger partial charge in [0.05, 0.1) is 44.5 Å². The predicted molar refractivity (Wildman–Crippen MR) is 139 cm³/mol. The lowest BCUT2D eigenvalue weighted by molar-refractivity contribution is -0.154. The van der Waals surface area contributed by atoms with Gasteiger partial charge >= 0.3 is 49.4 Å². The molecule has 54 heavy (non-hydrogen) atoms. The van der Waals surface area contributed by atoms with Gasteiger partial charge in [0.15, 0.2) is 0 Å². The minimum Gasteiger partial charge on any atom is -0.166 e. The van der Waals surface area contributed by atoms with Crippen LogP contribution in [0.4, 0.5) is 105 Å². The largest absolute Gasteiger partial charge is 0.417 e. The molecule has 0 saturated heterocycles. The number of rotatable bonds is 4. The van der Waals surface area contributed by atoms with Crippen molar-refractivity contribution < 1.29 is 105 Å². The zero-order chi connectivity index (χ0) is 41.8. The van der Waals surface area contributed by atoms with Crippen molar-refractivity contribution in [2.45, 2.75) is 67.5 Å². The average Bonchev–Trinajstić information content (AvgIpc) is 2.91. The molecule has 0 atom stereocenters. The van der Waals surface area contributed by atoms with Crippen molar-refractivity contribution in [3.8, 4) is 0 Å². The molecule has 3 aromatic carbocycles. The van der Waals surface area contributed by atoms with E-state index < -0.39 is 189 Å². The normalized spacial score (nSPS) is 16.0. The lowest BCUT2D eigenvalue weighted by Crippen LogP contribution is -2.30. The summed E-state index contributed by atoms with van der Waals surface area (Å²) in [4.78, 5) is -6.80. The van der Waals surface area contributed by atoms with Crippen LogP contribution < -0.4 is 0 Å². The van der Waals surface area contributed by atoms with Crippen molar-refractivity contribution in [1.82, 2.24) is 0 Å². The van der Waals surface area contributed by atoms with Gasteiger partial charge in [0.1, 0.15) is 3.41 Å². The molecule has 1 heterocycles. The molecule has 4 rings (SSSR count). The smallest absolute Gasteiger partial charge is 0.166 e. The van der Waals surface area contributed by atoms with Crippen LogP contribution in [0.2, 0.25) is 0 Å². The van der Waals surface area contributed by atoms with Crippen molar-refractivity contribution in [1.29, 1.82) is 0 Å². The van der Waals surface area contributed by atoms with Gasteiger partial charge in [0.25, 0.3) is 0 Å². The minimum atomic E-state index is -6.37. The molecule has 0 saturated carbocycles. The van der Waals surface area contributed by atoms with Crippen LogP contribution in [-0.2, 0) is 52.8 Å². The maximum atomic E-state index is 14.2. The van der Waals surface area contributed by atoms with Gasteiger partial charge in [-0.05, 0) is 36.4 Å². The van der Waals surface area contributed by atoms with E-state index in [1.807, 2.05) is 0 Å². The maximum Gasteiger partial charge on any atom is 0.417 e. The summed E-state index contributed by atoms with van der Waals surface area (Å²) in [6.45, 7) is 0. The molecule has 1 aliphatic heterocycles. The Hall–Kier alpha value is -2.97. The first-order valence-electron chi connectivity index (χ1n) is 13.0. The number of hydrogen-bond acceptors (Lipinski definition) is 3. The summed E-state index contributed by atoms with van der Waals surface area (Å²) in [6, 6.07) is -5.33. The highest BCUT2D eigenvalue weighted by Gasteiger charge is 2.57. The van der Waals surface area contributed by atoms with Gasteiger partial charge in [0, 0.05) is 20.2 Å². The Morgan fingerprint density at radius 2 is 0.574 bits per heavy atom. The summed E-state index contributed by atoms with van der Waals surface area (Å²) in [5.41, 5.74) is -24.2. The summed E-state index contributed by atoms with van der Waals surface area (Å²) in [5.74, 6) is 0. The highest BCUT2D eigenvalue weighted by atomic mass is 32.3. The molecule has 0 amide bonds. The third kappa shape index (κ3) is 8.70. The summed E-state index contributed by atoms with van der Waals surface area (Å²) in [5, 5.41) is 0. The Morgan fingerprint density at radius 3 is 0.815 bits per heavy atom. The van der Waals surface area contributed by atoms with Gasteiger partial charge < -0.3 is 0 Å². The molecule has 0 N–H and O–H groups in total. The molecule has 3 aromatic rings. The van der Waals surface area contributed by atoms with E-state index in [0.29, 0.717) is 0 Å². The third-order valence-electron chi connectivity index (χ3n) is 6.81. The fourth-order valence-electron chi connectivity index (χ4n) is 4.57. The van der Waals surface area contributed by atoms with Crippen LogP contribution in [0.1, 0.15) is 50.1 Å². The van der Waals surface area contributed by atoms with E-state index in [4.69, 9.17) is 0 Å². The zero-order valence-corrected chi connectivity index (χ0v) is 26.7. The number of fused-ring (bicyclic) bond motifs is 1.